The summed E-state index contributed by atoms with van der Waals surface area (Å²) in [6.45, 7) is 0. The van der Waals surface area contributed by atoms with Crippen molar-refractivity contribution in [2.75, 3.05) is 11.6 Å². The van der Waals surface area contributed by atoms with Gasteiger partial charge in [-0.05, 0) is 80.2 Å². The molecule has 3 N–H and O–H groups in total. The molecule has 4 atom stereocenters. The Morgan fingerprint density at radius 1 is 1.15 bits per heavy atom. The molecular weight excluding hydrogens is 533 g/mol. The summed E-state index contributed by atoms with van der Waals surface area (Å²) in [5.74, 6) is 0.226. The molecule has 2 saturated carbocycles. The highest BCUT2D eigenvalue weighted by molar-refractivity contribution is 7.90. The average molecular weight is 566 g/mol. The number of aliphatic hydroxyl groups excluding tert-OH is 1. The van der Waals surface area contributed by atoms with Crippen molar-refractivity contribution < 1.29 is 22.7 Å². The first-order valence-corrected chi connectivity index (χ1v) is 15.7. The smallest absolute Gasteiger partial charge is 0.333 e. The number of hydrogen-bond acceptors (Lipinski definition) is 6. The van der Waals surface area contributed by atoms with E-state index in [0.29, 0.717) is 23.6 Å². The molecule has 4 unspecified atom stereocenters. The van der Waals surface area contributed by atoms with E-state index in [-0.39, 0.29) is 40.3 Å². The molecule has 9 nitrogen and oxygen atoms in total. The van der Waals surface area contributed by atoms with Crippen molar-refractivity contribution in [2.45, 2.75) is 67.6 Å². The molecular formula is C29H32FN5O4S. The Labute approximate surface area is 232 Å². The first kappa shape index (κ1) is 25.7. The van der Waals surface area contributed by atoms with E-state index in [0.717, 1.165) is 49.6 Å². The van der Waals surface area contributed by atoms with Crippen LogP contribution in [0.3, 0.4) is 0 Å². The highest BCUT2D eigenvalue weighted by Crippen LogP contribution is 2.58. The molecule has 5 aliphatic rings. The van der Waals surface area contributed by atoms with E-state index >= 15 is 4.39 Å². The van der Waals surface area contributed by atoms with E-state index in [2.05, 4.69) is 20.7 Å². The van der Waals surface area contributed by atoms with E-state index < -0.39 is 15.9 Å². The predicted octanol–water partition coefficient (Wildman–Crippen LogP) is 4.12. The number of rotatable bonds is 6. The van der Waals surface area contributed by atoms with E-state index in [4.69, 9.17) is 0 Å². The number of hydrogen-bond donors (Lipinski definition) is 3. The molecule has 2 aliphatic carbocycles. The maximum atomic E-state index is 15.0. The Balaban J connectivity index is 1.05. The predicted molar refractivity (Wildman–Crippen MR) is 147 cm³/mol. The molecule has 2 aromatic carbocycles. The summed E-state index contributed by atoms with van der Waals surface area (Å²) in [4.78, 5) is 17.4. The molecule has 2 amide bonds. The number of benzene rings is 2. The molecule has 40 heavy (non-hydrogen) atoms. The van der Waals surface area contributed by atoms with Crippen molar-refractivity contribution >= 4 is 21.6 Å². The van der Waals surface area contributed by atoms with E-state index in [1.807, 2.05) is 10.6 Å². The third kappa shape index (κ3) is 4.13. The topological polar surface area (TPSA) is 117 Å². The van der Waals surface area contributed by atoms with Crippen molar-refractivity contribution in [2.24, 2.45) is 11.3 Å². The number of piperidine rings is 2. The number of imidazole rings is 1. The summed E-state index contributed by atoms with van der Waals surface area (Å²) in [6.07, 6.45) is 8.82. The minimum absolute atomic E-state index is 0.107. The van der Waals surface area contributed by atoms with Crippen LogP contribution in [0, 0.1) is 17.2 Å². The number of nitrogens with one attached hydrogen (secondary N) is 2. The van der Waals surface area contributed by atoms with Crippen LogP contribution in [0.1, 0.15) is 50.1 Å². The third-order valence-corrected chi connectivity index (χ3v) is 10.7. The van der Waals surface area contributed by atoms with Crippen LogP contribution in [0.4, 0.5) is 14.9 Å². The maximum Gasteiger partial charge on any atom is 0.333 e. The van der Waals surface area contributed by atoms with Crippen LogP contribution in [0.2, 0.25) is 0 Å². The van der Waals surface area contributed by atoms with Gasteiger partial charge in [0.05, 0.1) is 35.3 Å². The quantitative estimate of drug-likeness (QED) is 0.414. The number of halogens is 1. The van der Waals surface area contributed by atoms with Gasteiger partial charge < -0.3 is 15.0 Å². The van der Waals surface area contributed by atoms with Gasteiger partial charge in [-0.1, -0.05) is 12.1 Å². The first-order chi connectivity index (χ1) is 19.1. The second kappa shape index (κ2) is 9.12. The Kier molecular flexibility index (Phi) is 5.85. The third-order valence-electron chi connectivity index (χ3n) is 9.57. The number of carbonyl (C=O) groups is 1. The molecule has 11 heteroatoms. The molecule has 8 rings (SSSR count). The molecule has 3 aliphatic heterocycles. The Morgan fingerprint density at radius 3 is 2.58 bits per heavy atom. The van der Waals surface area contributed by atoms with Gasteiger partial charge in [-0.3, -0.25) is 5.43 Å². The lowest BCUT2D eigenvalue weighted by Gasteiger charge is -2.62. The zero-order valence-electron chi connectivity index (χ0n) is 22.1. The highest BCUT2D eigenvalue weighted by Gasteiger charge is 2.58. The van der Waals surface area contributed by atoms with Gasteiger partial charge in [-0.2, -0.15) is 0 Å². The average Bonchev–Trinajstić information content (AvgIpc) is 3.49. The van der Waals surface area contributed by atoms with Gasteiger partial charge in [0, 0.05) is 35.2 Å². The number of nitrogens with zero attached hydrogens (tertiary/aromatic N) is 3. The molecule has 4 heterocycles. The number of anilines is 1. The van der Waals surface area contributed by atoms with E-state index in [9.17, 15) is 18.3 Å². The minimum Gasteiger partial charge on any atom is -0.392 e. The number of sulfone groups is 1. The number of hydrazine groups is 1. The Bertz CT molecular complexity index is 1570. The zero-order valence-corrected chi connectivity index (χ0v) is 22.9. The van der Waals surface area contributed by atoms with Crippen molar-refractivity contribution in [1.82, 2.24) is 20.0 Å². The zero-order chi connectivity index (χ0) is 27.8. The summed E-state index contributed by atoms with van der Waals surface area (Å²) in [7, 11) is -3.31. The number of urea groups is 1. The molecule has 4 fully saturated rings. The fourth-order valence-corrected chi connectivity index (χ4v) is 8.66. The molecule has 2 saturated heterocycles. The fraction of sp³-hybridized carbons (Fsp3) is 0.448. The maximum absolute atomic E-state index is 15.0. The van der Waals surface area contributed by atoms with Gasteiger partial charge in [0.1, 0.15) is 5.82 Å². The molecule has 210 valence electrons. The molecule has 3 aromatic rings. The van der Waals surface area contributed by atoms with Gasteiger partial charge in [0.25, 0.3) is 0 Å². The van der Waals surface area contributed by atoms with Crippen LogP contribution in [-0.4, -0.2) is 58.6 Å². The van der Waals surface area contributed by atoms with Crippen molar-refractivity contribution in [1.29, 1.82) is 0 Å². The van der Waals surface area contributed by atoms with Crippen LogP contribution < -0.4 is 10.7 Å². The SMILES string of the molecule is CS(=O)(=O)c1ccc(NC(=O)NN2C3CC4CC2CC(C(O)CC2c5c(F)cccc5-c5cncn52)(C4)C3)cc1. The largest absolute Gasteiger partial charge is 0.392 e. The number of carbonyl (C=O) groups excluding carboxylic acids is 1. The summed E-state index contributed by atoms with van der Waals surface area (Å²) in [5.41, 5.74) is 5.62. The Morgan fingerprint density at radius 2 is 1.88 bits per heavy atom. The van der Waals surface area contributed by atoms with Crippen LogP contribution >= 0.6 is 0 Å². The number of aliphatic hydroxyl groups is 1. The second-order valence-corrected chi connectivity index (χ2v) is 14.1. The lowest BCUT2D eigenvalue weighted by atomic mass is 9.53. The van der Waals surface area contributed by atoms with Crippen LogP contribution in [0.25, 0.3) is 11.3 Å². The lowest BCUT2D eigenvalue weighted by Crippen LogP contribution is -2.68. The van der Waals surface area contributed by atoms with Gasteiger partial charge in [0.2, 0.25) is 0 Å². The van der Waals surface area contributed by atoms with Gasteiger partial charge in [0.15, 0.2) is 9.84 Å². The monoisotopic (exact) mass is 565 g/mol. The first-order valence-electron chi connectivity index (χ1n) is 13.8. The molecule has 1 aromatic heterocycles. The number of amides is 2. The van der Waals surface area contributed by atoms with Crippen LogP contribution in [-0.2, 0) is 9.84 Å². The molecule has 0 radical (unpaired) electrons. The lowest BCUT2D eigenvalue weighted by molar-refractivity contribution is -0.166. The summed E-state index contributed by atoms with van der Waals surface area (Å²) in [6, 6.07) is 10.7. The standard InChI is InChI=1S/C29H32FN5O4S/c1-40(38,39)21-7-5-18(6-8-21)32-28(37)33-35-19-9-17-10-20(35)14-29(12-17,13-19)26(36)11-24-27-22(3-2-4-23(27)30)25-15-31-16-34(24)25/h2-8,15-17,19-20,24,26,36H,9-14H2,1H3,(H2,32,33,37). The molecule has 0 spiro atoms. The number of fused-ring (bicyclic) bond motifs is 3. The van der Waals surface area contributed by atoms with E-state index in [1.165, 1.54) is 18.2 Å². The van der Waals surface area contributed by atoms with Crippen LogP contribution in [0.5, 0.6) is 0 Å². The van der Waals surface area contributed by atoms with Gasteiger partial charge in [-0.25, -0.2) is 27.6 Å². The normalized spacial score (nSPS) is 29.2. The van der Waals surface area contributed by atoms with Crippen molar-refractivity contribution in [3.05, 3.63) is 66.4 Å². The Hall–Kier alpha value is -3.28. The molecule has 4 bridgehead atoms. The summed E-state index contributed by atoms with van der Waals surface area (Å²) < 4.78 is 40.4. The number of aromatic nitrogens is 2. The van der Waals surface area contributed by atoms with Crippen molar-refractivity contribution in [3.8, 4) is 11.3 Å². The van der Waals surface area contributed by atoms with E-state index in [1.54, 1.807) is 30.7 Å². The van der Waals surface area contributed by atoms with Crippen LogP contribution in [0.15, 0.2) is 59.9 Å². The van der Waals surface area contributed by atoms with Gasteiger partial charge in [-0.15, -0.1) is 0 Å². The second-order valence-electron chi connectivity index (χ2n) is 12.0. The van der Waals surface area contributed by atoms with Gasteiger partial charge >= 0.3 is 6.03 Å². The van der Waals surface area contributed by atoms with Crippen molar-refractivity contribution in [3.63, 3.8) is 0 Å². The summed E-state index contributed by atoms with van der Waals surface area (Å²) in [5, 5.41) is 16.6. The fourth-order valence-electron chi connectivity index (χ4n) is 8.03. The minimum atomic E-state index is -3.31. The summed E-state index contributed by atoms with van der Waals surface area (Å²) >= 11 is 0. The highest BCUT2D eigenvalue weighted by atomic mass is 32.2.